The standard InChI is InChI=1S/C43H86O3/c1-5-9-13-17-21-23-27-31-35-39-41(37-33-29-25-19-15-11-7-3)45-43(44)46-42(38-34-30-26-20-16-12-8-4)40-36-32-28-24-22-18-14-10-6-2/h41-42H,5-40H2,1-4H3. The van der Waals surface area contributed by atoms with Crippen LogP contribution in [-0.4, -0.2) is 18.4 Å². The van der Waals surface area contributed by atoms with Gasteiger partial charge in [0.15, 0.2) is 0 Å². The van der Waals surface area contributed by atoms with E-state index in [1.807, 2.05) is 0 Å². The topological polar surface area (TPSA) is 35.5 Å². The van der Waals surface area contributed by atoms with E-state index in [-0.39, 0.29) is 18.4 Å². The van der Waals surface area contributed by atoms with Crippen molar-refractivity contribution in [2.45, 2.75) is 271 Å². The zero-order valence-corrected chi connectivity index (χ0v) is 32.3. The van der Waals surface area contributed by atoms with Crippen molar-refractivity contribution in [3.8, 4) is 0 Å². The number of unbranched alkanes of at least 4 members (excludes halogenated alkanes) is 28. The summed E-state index contributed by atoms with van der Waals surface area (Å²) in [6.07, 6.45) is 45.8. The minimum Gasteiger partial charge on any atom is -0.431 e. The summed E-state index contributed by atoms with van der Waals surface area (Å²) in [7, 11) is 0. The van der Waals surface area contributed by atoms with Gasteiger partial charge in [0, 0.05) is 0 Å². The van der Waals surface area contributed by atoms with E-state index in [4.69, 9.17) is 9.47 Å². The molecule has 0 aromatic rings. The summed E-state index contributed by atoms with van der Waals surface area (Å²) in [4.78, 5) is 13.2. The van der Waals surface area contributed by atoms with E-state index in [0.29, 0.717) is 0 Å². The van der Waals surface area contributed by atoms with Crippen molar-refractivity contribution in [3.05, 3.63) is 0 Å². The lowest BCUT2D eigenvalue weighted by molar-refractivity contribution is -0.0121. The smallest absolute Gasteiger partial charge is 0.431 e. The molecule has 0 spiro atoms. The second-order valence-corrected chi connectivity index (χ2v) is 14.8. The number of rotatable bonds is 38. The molecular formula is C43H86O3. The molecule has 3 heteroatoms. The van der Waals surface area contributed by atoms with Crippen LogP contribution in [0, 0.1) is 0 Å². The highest BCUT2D eigenvalue weighted by atomic mass is 16.7. The Morgan fingerprint density at radius 3 is 0.674 bits per heavy atom. The van der Waals surface area contributed by atoms with Gasteiger partial charge in [0.25, 0.3) is 0 Å². The van der Waals surface area contributed by atoms with E-state index in [0.717, 1.165) is 25.7 Å². The van der Waals surface area contributed by atoms with Crippen LogP contribution in [0.5, 0.6) is 0 Å². The van der Waals surface area contributed by atoms with Gasteiger partial charge in [-0.25, -0.2) is 4.79 Å². The summed E-state index contributed by atoms with van der Waals surface area (Å²) in [5.41, 5.74) is 0. The Hall–Kier alpha value is -0.730. The van der Waals surface area contributed by atoms with Crippen molar-refractivity contribution in [1.29, 1.82) is 0 Å². The average Bonchev–Trinajstić information content (AvgIpc) is 3.05. The minimum atomic E-state index is -0.382. The van der Waals surface area contributed by atoms with Gasteiger partial charge in [-0.15, -0.1) is 0 Å². The summed E-state index contributed by atoms with van der Waals surface area (Å²) >= 11 is 0. The van der Waals surface area contributed by atoms with Gasteiger partial charge >= 0.3 is 6.16 Å². The summed E-state index contributed by atoms with van der Waals surface area (Å²) in [6, 6.07) is 0. The van der Waals surface area contributed by atoms with Crippen LogP contribution in [0.1, 0.15) is 259 Å². The van der Waals surface area contributed by atoms with Crippen molar-refractivity contribution in [1.82, 2.24) is 0 Å². The lowest BCUT2D eigenvalue weighted by Gasteiger charge is -2.22. The molecule has 0 heterocycles. The second-order valence-electron chi connectivity index (χ2n) is 14.8. The second kappa shape index (κ2) is 38.7. The van der Waals surface area contributed by atoms with Crippen LogP contribution in [0.25, 0.3) is 0 Å². The molecule has 2 unspecified atom stereocenters. The highest BCUT2D eigenvalue weighted by Gasteiger charge is 2.20. The first-order chi connectivity index (χ1) is 22.7. The highest BCUT2D eigenvalue weighted by molar-refractivity contribution is 5.60. The zero-order chi connectivity index (χ0) is 33.6. The molecular weight excluding hydrogens is 564 g/mol. The Morgan fingerprint density at radius 1 is 0.304 bits per heavy atom. The molecule has 276 valence electrons. The van der Waals surface area contributed by atoms with Crippen molar-refractivity contribution in [3.63, 3.8) is 0 Å². The lowest BCUT2D eigenvalue weighted by Crippen LogP contribution is -2.24. The van der Waals surface area contributed by atoms with Crippen molar-refractivity contribution in [2.75, 3.05) is 0 Å². The minimum absolute atomic E-state index is 0.0274. The predicted octanol–water partition coefficient (Wildman–Crippen LogP) is 16.0. The van der Waals surface area contributed by atoms with Gasteiger partial charge in [0.2, 0.25) is 0 Å². The third-order valence-corrected chi connectivity index (χ3v) is 10.0. The fraction of sp³-hybridized carbons (Fsp3) is 0.977. The van der Waals surface area contributed by atoms with Crippen LogP contribution in [0.3, 0.4) is 0 Å². The third-order valence-electron chi connectivity index (χ3n) is 10.0. The van der Waals surface area contributed by atoms with Gasteiger partial charge in [-0.3, -0.25) is 0 Å². The van der Waals surface area contributed by atoms with E-state index < -0.39 is 0 Å². The maximum Gasteiger partial charge on any atom is 0.508 e. The summed E-state index contributed by atoms with van der Waals surface area (Å²) in [6.45, 7) is 9.14. The van der Waals surface area contributed by atoms with Crippen LogP contribution in [-0.2, 0) is 9.47 Å². The van der Waals surface area contributed by atoms with Gasteiger partial charge < -0.3 is 9.47 Å². The molecule has 0 bridgehead atoms. The first-order valence-corrected chi connectivity index (χ1v) is 21.5. The quantitative estimate of drug-likeness (QED) is 0.0493. The first kappa shape index (κ1) is 45.3. The maximum atomic E-state index is 13.2. The molecule has 0 aromatic heterocycles. The largest absolute Gasteiger partial charge is 0.508 e. The number of hydrogen-bond acceptors (Lipinski definition) is 3. The number of ether oxygens (including phenoxy) is 2. The number of carbonyl (C=O) groups excluding carboxylic acids is 1. The SMILES string of the molecule is CCCCCCCCCCCC(CCCCCCCCC)OC(=O)OC(CCCCCCCCC)CCCCCCCCCCC. The Bertz CT molecular complexity index is 528. The average molecular weight is 651 g/mol. The molecule has 0 aliphatic heterocycles. The normalized spacial score (nSPS) is 12.8. The van der Waals surface area contributed by atoms with Gasteiger partial charge in [-0.1, -0.05) is 207 Å². The number of hydrogen-bond donors (Lipinski definition) is 0. The van der Waals surface area contributed by atoms with E-state index in [9.17, 15) is 4.79 Å². The third kappa shape index (κ3) is 34.6. The fourth-order valence-corrected chi connectivity index (χ4v) is 6.85. The molecule has 0 aliphatic carbocycles. The van der Waals surface area contributed by atoms with Crippen LogP contribution in [0.2, 0.25) is 0 Å². The van der Waals surface area contributed by atoms with E-state index in [1.54, 1.807) is 0 Å². The van der Waals surface area contributed by atoms with Crippen molar-refractivity contribution < 1.29 is 14.3 Å². The molecule has 46 heavy (non-hydrogen) atoms. The molecule has 0 saturated heterocycles. The van der Waals surface area contributed by atoms with Gasteiger partial charge in [0.05, 0.1) is 0 Å². The molecule has 0 aromatic carbocycles. The van der Waals surface area contributed by atoms with E-state index in [2.05, 4.69) is 27.7 Å². The van der Waals surface area contributed by atoms with Crippen LogP contribution in [0.15, 0.2) is 0 Å². The van der Waals surface area contributed by atoms with Crippen molar-refractivity contribution >= 4 is 6.16 Å². The maximum absolute atomic E-state index is 13.2. The fourth-order valence-electron chi connectivity index (χ4n) is 6.85. The summed E-state index contributed by atoms with van der Waals surface area (Å²) in [5.74, 6) is 0. The van der Waals surface area contributed by atoms with Gasteiger partial charge in [-0.2, -0.15) is 0 Å². The van der Waals surface area contributed by atoms with Gasteiger partial charge in [-0.05, 0) is 51.4 Å². The molecule has 2 atom stereocenters. The van der Waals surface area contributed by atoms with Gasteiger partial charge in [0.1, 0.15) is 12.2 Å². The number of carbonyl (C=O) groups is 1. The Morgan fingerprint density at radius 2 is 0.478 bits per heavy atom. The van der Waals surface area contributed by atoms with Crippen LogP contribution in [0.4, 0.5) is 4.79 Å². The molecule has 0 radical (unpaired) electrons. The monoisotopic (exact) mass is 651 g/mol. The molecule has 0 N–H and O–H groups in total. The van der Waals surface area contributed by atoms with E-state index >= 15 is 0 Å². The summed E-state index contributed by atoms with van der Waals surface area (Å²) in [5, 5.41) is 0. The van der Waals surface area contributed by atoms with Crippen molar-refractivity contribution in [2.24, 2.45) is 0 Å². The molecule has 3 nitrogen and oxygen atoms in total. The Kier molecular flexibility index (Phi) is 38.1. The predicted molar refractivity (Wildman–Crippen MR) is 204 cm³/mol. The molecule has 0 rings (SSSR count). The molecule has 0 amide bonds. The lowest BCUT2D eigenvalue weighted by atomic mass is 10.0. The van der Waals surface area contributed by atoms with Crippen LogP contribution >= 0.6 is 0 Å². The molecule has 0 aliphatic rings. The Labute approximate surface area is 290 Å². The van der Waals surface area contributed by atoms with E-state index in [1.165, 1.54) is 205 Å². The summed E-state index contributed by atoms with van der Waals surface area (Å²) < 4.78 is 12.2. The van der Waals surface area contributed by atoms with Crippen LogP contribution < -0.4 is 0 Å². The Balaban J connectivity index is 4.71. The molecule has 0 fully saturated rings. The molecule has 0 saturated carbocycles. The zero-order valence-electron chi connectivity index (χ0n) is 32.3. The first-order valence-electron chi connectivity index (χ1n) is 21.5. The highest BCUT2D eigenvalue weighted by Crippen LogP contribution is 2.21.